The van der Waals surface area contributed by atoms with Crippen molar-refractivity contribution in [3.05, 3.63) is 59.2 Å². The van der Waals surface area contributed by atoms with Gasteiger partial charge in [0.2, 0.25) is 0 Å². The zero-order chi connectivity index (χ0) is 20.4. The van der Waals surface area contributed by atoms with Crippen molar-refractivity contribution in [2.24, 2.45) is 4.99 Å². The minimum Gasteiger partial charge on any atom is -0.371 e. The van der Waals surface area contributed by atoms with Gasteiger partial charge in [-0.25, -0.2) is 8.42 Å². The predicted octanol–water partition coefficient (Wildman–Crippen LogP) is 2.06. The number of benzene rings is 2. The number of aliphatic imine (C=N–C) groups is 1. The highest BCUT2D eigenvalue weighted by molar-refractivity contribution is 7.90. The van der Waals surface area contributed by atoms with Gasteiger partial charge in [-0.2, -0.15) is 0 Å². The van der Waals surface area contributed by atoms with E-state index in [2.05, 4.69) is 26.9 Å². The monoisotopic (exact) mass is 412 g/mol. The molecule has 0 atom stereocenters. The summed E-state index contributed by atoms with van der Waals surface area (Å²) in [5.41, 5.74) is 3.47. The quantitative estimate of drug-likeness (QED) is 0.736. The Kier molecular flexibility index (Phi) is 5.27. The van der Waals surface area contributed by atoms with Crippen LogP contribution < -0.4 is 14.9 Å². The van der Waals surface area contributed by atoms with Gasteiger partial charge in [0, 0.05) is 36.4 Å². The summed E-state index contributed by atoms with van der Waals surface area (Å²) in [5, 5.41) is 2.86. The molecule has 2 aliphatic rings. The standard InChI is InChI=1S/C21H24N4O3S/c1-15-8-9-16(14-18(15)25-12-4-5-13-25)21(26)23-11-10-22-20-17-6-2-3-7-19(17)29(27,28)24-20/h2-3,6-9,14H,4-5,10-13H2,1H3,(H,22,24)(H,23,26). The van der Waals surface area contributed by atoms with E-state index < -0.39 is 10.0 Å². The van der Waals surface area contributed by atoms with Crippen LogP contribution in [-0.2, 0) is 10.0 Å². The number of nitrogens with zero attached hydrogens (tertiary/aromatic N) is 2. The molecule has 2 N–H and O–H groups in total. The van der Waals surface area contributed by atoms with Crippen LogP contribution in [0.25, 0.3) is 0 Å². The van der Waals surface area contributed by atoms with Crippen LogP contribution in [-0.4, -0.2) is 46.3 Å². The molecule has 1 amide bonds. The van der Waals surface area contributed by atoms with Crippen LogP contribution in [0.5, 0.6) is 0 Å². The lowest BCUT2D eigenvalue weighted by atomic mass is 10.1. The molecule has 152 valence electrons. The number of nitrogens with one attached hydrogen (secondary N) is 2. The Morgan fingerprint density at radius 3 is 2.72 bits per heavy atom. The smallest absolute Gasteiger partial charge is 0.263 e. The number of carbonyl (C=O) groups excluding carboxylic acids is 1. The first kappa shape index (κ1) is 19.4. The molecule has 0 aromatic heterocycles. The topological polar surface area (TPSA) is 90.9 Å². The number of fused-ring (bicyclic) bond motifs is 1. The van der Waals surface area contributed by atoms with E-state index in [-0.39, 0.29) is 17.3 Å². The van der Waals surface area contributed by atoms with E-state index in [4.69, 9.17) is 0 Å². The Morgan fingerprint density at radius 1 is 1.17 bits per heavy atom. The highest BCUT2D eigenvalue weighted by atomic mass is 32.2. The molecule has 0 bridgehead atoms. The highest BCUT2D eigenvalue weighted by Crippen LogP contribution is 2.25. The molecule has 1 fully saturated rings. The van der Waals surface area contributed by atoms with Crippen LogP contribution in [0.1, 0.15) is 34.3 Å². The van der Waals surface area contributed by atoms with Crippen LogP contribution in [0.3, 0.4) is 0 Å². The number of hydrogen-bond donors (Lipinski definition) is 2. The maximum Gasteiger partial charge on any atom is 0.263 e. The minimum absolute atomic E-state index is 0.155. The SMILES string of the molecule is Cc1ccc(C(=O)NCCN=C2NS(=O)(=O)c3ccccc32)cc1N1CCCC1. The Balaban J connectivity index is 1.39. The van der Waals surface area contributed by atoms with Crippen LogP contribution in [0, 0.1) is 6.92 Å². The maximum absolute atomic E-state index is 12.5. The third-order valence-electron chi connectivity index (χ3n) is 5.25. The van der Waals surface area contributed by atoms with Crippen molar-refractivity contribution in [3.8, 4) is 0 Å². The fraction of sp³-hybridized carbons (Fsp3) is 0.333. The van der Waals surface area contributed by atoms with Gasteiger partial charge in [-0.15, -0.1) is 0 Å². The molecular formula is C21H24N4O3S. The summed E-state index contributed by atoms with van der Waals surface area (Å²) in [6.07, 6.45) is 2.37. The molecule has 2 aliphatic heterocycles. The van der Waals surface area contributed by atoms with E-state index >= 15 is 0 Å². The van der Waals surface area contributed by atoms with Crippen LogP contribution in [0.4, 0.5) is 5.69 Å². The predicted molar refractivity (Wildman–Crippen MR) is 113 cm³/mol. The number of rotatable bonds is 5. The Hall–Kier alpha value is -2.87. The van der Waals surface area contributed by atoms with Crippen molar-refractivity contribution in [1.29, 1.82) is 0 Å². The molecule has 0 radical (unpaired) electrons. The molecule has 4 rings (SSSR count). The Bertz CT molecular complexity index is 1070. The average molecular weight is 413 g/mol. The van der Waals surface area contributed by atoms with Crippen molar-refractivity contribution in [3.63, 3.8) is 0 Å². The maximum atomic E-state index is 12.5. The van der Waals surface area contributed by atoms with Gasteiger partial charge in [-0.1, -0.05) is 18.2 Å². The number of carbonyl (C=O) groups is 1. The first-order chi connectivity index (χ1) is 14.0. The van der Waals surface area contributed by atoms with Crippen molar-refractivity contribution in [2.45, 2.75) is 24.7 Å². The number of aryl methyl sites for hydroxylation is 1. The molecule has 2 aromatic rings. The average Bonchev–Trinajstić information content (AvgIpc) is 3.33. The molecule has 0 saturated carbocycles. The van der Waals surface area contributed by atoms with Crippen molar-refractivity contribution < 1.29 is 13.2 Å². The lowest BCUT2D eigenvalue weighted by molar-refractivity contribution is 0.0955. The lowest BCUT2D eigenvalue weighted by Crippen LogP contribution is -2.28. The van der Waals surface area contributed by atoms with Crippen LogP contribution in [0.15, 0.2) is 52.4 Å². The molecule has 1 saturated heterocycles. The summed E-state index contributed by atoms with van der Waals surface area (Å²) in [6, 6.07) is 12.5. The van der Waals surface area contributed by atoms with Crippen molar-refractivity contribution in [2.75, 3.05) is 31.1 Å². The van der Waals surface area contributed by atoms with Crippen LogP contribution >= 0.6 is 0 Å². The molecule has 7 nitrogen and oxygen atoms in total. The third-order valence-corrected chi connectivity index (χ3v) is 6.65. The first-order valence-corrected chi connectivity index (χ1v) is 11.2. The van der Waals surface area contributed by atoms with Crippen molar-refractivity contribution in [1.82, 2.24) is 10.0 Å². The number of hydrogen-bond acceptors (Lipinski definition) is 5. The summed E-state index contributed by atoms with van der Waals surface area (Å²) >= 11 is 0. The summed E-state index contributed by atoms with van der Waals surface area (Å²) < 4.78 is 26.6. The Morgan fingerprint density at radius 2 is 1.93 bits per heavy atom. The normalized spacial score (nSPS) is 18.5. The fourth-order valence-corrected chi connectivity index (χ4v) is 4.99. The van der Waals surface area contributed by atoms with E-state index in [0.29, 0.717) is 23.5 Å². The first-order valence-electron chi connectivity index (χ1n) is 9.76. The van der Waals surface area contributed by atoms with E-state index in [9.17, 15) is 13.2 Å². The molecule has 0 unspecified atom stereocenters. The molecule has 8 heteroatoms. The molecule has 29 heavy (non-hydrogen) atoms. The highest BCUT2D eigenvalue weighted by Gasteiger charge is 2.29. The van der Waals surface area contributed by atoms with E-state index in [1.807, 2.05) is 18.2 Å². The molecule has 0 spiro atoms. The van der Waals surface area contributed by atoms with Gasteiger partial charge >= 0.3 is 0 Å². The molecule has 2 aromatic carbocycles. The van der Waals surface area contributed by atoms with Gasteiger partial charge in [0.1, 0.15) is 5.84 Å². The molecule has 2 heterocycles. The van der Waals surface area contributed by atoms with Crippen LogP contribution in [0.2, 0.25) is 0 Å². The number of anilines is 1. The third kappa shape index (κ3) is 3.98. The summed E-state index contributed by atoms with van der Waals surface area (Å²) in [6.45, 7) is 4.72. The number of amidine groups is 1. The van der Waals surface area contributed by atoms with Gasteiger partial charge in [0.25, 0.3) is 15.9 Å². The second-order valence-electron chi connectivity index (χ2n) is 7.28. The largest absolute Gasteiger partial charge is 0.371 e. The Labute approximate surface area is 170 Å². The summed E-state index contributed by atoms with van der Waals surface area (Å²) in [4.78, 5) is 19.4. The van der Waals surface area contributed by atoms with Gasteiger partial charge in [0.15, 0.2) is 0 Å². The van der Waals surface area contributed by atoms with Crippen molar-refractivity contribution >= 4 is 27.5 Å². The van der Waals surface area contributed by atoms with Gasteiger partial charge < -0.3 is 10.2 Å². The van der Waals surface area contributed by atoms with Gasteiger partial charge in [0.05, 0.1) is 11.4 Å². The molecular weight excluding hydrogens is 388 g/mol. The minimum atomic E-state index is -3.54. The van der Waals surface area contributed by atoms with Gasteiger partial charge in [-0.3, -0.25) is 14.5 Å². The van der Waals surface area contributed by atoms with E-state index in [0.717, 1.165) is 18.8 Å². The summed E-state index contributed by atoms with van der Waals surface area (Å²) in [5.74, 6) is 0.166. The van der Waals surface area contributed by atoms with Gasteiger partial charge in [-0.05, 0) is 49.6 Å². The van der Waals surface area contributed by atoms with E-state index in [1.54, 1.807) is 24.3 Å². The lowest BCUT2D eigenvalue weighted by Gasteiger charge is -2.20. The number of amides is 1. The fourth-order valence-electron chi connectivity index (χ4n) is 3.74. The second kappa shape index (κ2) is 7.87. The zero-order valence-electron chi connectivity index (χ0n) is 16.3. The second-order valence-corrected chi connectivity index (χ2v) is 8.93. The zero-order valence-corrected chi connectivity index (χ0v) is 17.1. The summed E-state index contributed by atoms with van der Waals surface area (Å²) in [7, 11) is -3.54. The van der Waals surface area contributed by atoms with E-state index in [1.165, 1.54) is 18.4 Å². The molecule has 0 aliphatic carbocycles. The number of sulfonamides is 1.